The van der Waals surface area contributed by atoms with Crippen molar-refractivity contribution in [2.75, 3.05) is 6.54 Å². The molecular weight excluding hydrogens is 258 g/mol. The highest BCUT2D eigenvalue weighted by molar-refractivity contribution is 7.80. The Morgan fingerprint density at radius 1 is 1.32 bits per heavy atom. The van der Waals surface area contributed by atoms with Crippen molar-refractivity contribution in [3.8, 4) is 0 Å². The van der Waals surface area contributed by atoms with Crippen molar-refractivity contribution in [2.45, 2.75) is 39.0 Å². The van der Waals surface area contributed by atoms with E-state index in [0.29, 0.717) is 6.54 Å². The summed E-state index contributed by atoms with van der Waals surface area (Å²) in [6, 6.07) is 9.08. The van der Waals surface area contributed by atoms with Crippen molar-refractivity contribution in [1.29, 1.82) is 0 Å². The third-order valence-corrected chi connectivity index (χ3v) is 4.35. The first-order valence-electron chi connectivity index (χ1n) is 6.54. The summed E-state index contributed by atoms with van der Waals surface area (Å²) in [5, 5.41) is 20.4. The lowest BCUT2D eigenvalue weighted by molar-refractivity contribution is -0.0814. The fourth-order valence-corrected chi connectivity index (χ4v) is 2.57. The molecule has 1 heterocycles. The van der Waals surface area contributed by atoms with Crippen LogP contribution < -0.4 is 0 Å². The maximum atomic E-state index is 10.4. The van der Waals surface area contributed by atoms with Gasteiger partial charge in [-0.25, -0.2) is 0 Å². The lowest BCUT2D eigenvalue weighted by Gasteiger charge is -2.51. The number of aliphatic hydroxyl groups is 2. The Morgan fingerprint density at radius 3 is 2.37 bits per heavy atom. The van der Waals surface area contributed by atoms with Crippen LogP contribution in [-0.4, -0.2) is 38.8 Å². The zero-order valence-corrected chi connectivity index (χ0v) is 12.4. The first-order chi connectivity index (χ1) is 8.82. The highest BCUT2D eigenvalue weighted by Crippen LogP contribution is 2.34. The first-order valence-corrected chi connectivity index (χ1v) is 6.95. The molecule has 2 N–H and O–H groups in total. The fraction of sp³-hybridized carbons (Fsp3) is 0.533. The second-order valence-corrected chi connectivity index (χ2v) is 6.51. The average Bonchev–Trinajstić information content (AvgIpc) is 2.34. The lowest BCUT2D eigenvalue weighted by atomic mass is 9.85. The van der Waals surface area contributed by atoms with Gasteiger partial charge in [0.05, 0.1) is 17.1 Å². The van der Waals surface area contributed by atoms with Crippen molar-refractivity contribution in [1.82, 2.24) is 4.90 Å². The predicted octanol–water partition coefficient (Wildman–Crippen LogP) is 2.14. The minimum atomic E-state index is -0.717. The summed E-state index contributed by atoms with van der Waals surface area (Å²) in [6.45, 7) is 6.65. The molecule has 3 atom stereocenters. The third kappa shape index (κ3) is 2.81. The second-order valence-electron chi connectivity index (χ2n) is 6.12. The van der Waals surface area contributed by atoms with Crippen LogP contribution >= 0.6 is 12.2 Å². The molecular formula is C15H21NO2S. The van der Waals surface area contributed by atoms with E-state index in [1.807, 2.05) is 56.0 Å². The van der Waals surface area contributed by atoms with Gasteiger partial charge >= 0.3 is 0 Å². The van der Waals surface area contributed by atoms with E-state index in [2.05, 4.69) is 0 Å². The lowest BCUT2D eigenvalue weighted by Crippen LogP contribution is -2.65. The third-order valence-electron chi connectivity index (χ3n) is 3.50. The molecule has 0 aromatic heterocycles. The summed E-state index contributed by atoms with van der Waals surface area (Å²) in [5.41, 5.74) is 0.678. The number of nitrogens with zero attached hydrogens (tertiary/aromatic N) is 1. The molecule has 1 aromatic carbocycles. The van der Waals surface area contributed by atoms with Gasteiger partial charge in [0.2, 0.25) is 0 Å². The van der Waals surface area contributed by atoms with E-state index in [0.717, 1.165) is 10.6 Å². The monoisotopic (exact) mass is 279 g/mol. The summed E-state index contributed by atoms with van der Waals surface area (Å²) in [4.78, 5) is 2.73. The summed E-state index contributed by atoms with van der Waals surface area (Å²) < 4.78 is 0. The van der Waals surface area contributed by atoms with Gasteiger partial charge in [-0.2, -0.15) is 0 Å². The standard InChI is InChI=1S/C15H21NO2S/c1-15(2,3)14(19)16-9-11(17)12(16)13(18)10-7-5-4-6-8-10/h4-8,11-13,17-18H,9H2,1-3H3/t11-,12-,13-/m0/s1. The maximum Gasteiger partial charge on any atom is 0.102 e. The first kappa shape index (κ1) is 14.4. The van der Waals surface area contributed by atoms with Crippen LogP contribution in [0.1, 0.15) is 32.4 Å². The summed E-state index contributed by atoms with van der Waals surface area (Å²) in [6.07, 6.45) is -1.25. The van der Waals surface area contributed by atoms with Gasteiger partial charge in [-0.1, -0.05) is 63.3 Å². The van der Waals surface area contributed by atoms with Gasteiger partial charge < -0.3 is 15.1 Å². The second kappa shape index (κ2) is 5.19. The van der Waals surface area contributed by atoms with Crippen molar-refractivity contribution in [3.05, 3.63) is 35.9 Å². The molecule has 0 bridgehead atoms. The summed E-state index contributed by atoms with van der Waals surface area (Å²) in [5.74, 6) is 0. The largest absolute Gasteiger partial charge is 0.389 e. The van der Waals surface area contributed by atoms with E-state index in [9.17, 15) is 10.2 Å². The van der Waals surface area contributed by atoms with E-state index in [1.165, 1.54) is 0 Å². The zero-order valence-electron chi connectivity index (χ0n) is 11.6. The van der Waals surface area contributed by atoms with E-state index in [4.69, 9.17) is 12.2 Å². The topological polar surface area (TPSA) is 43.7 Å². The number of hydrogen-bond donors (Lipinski definition) is 2. The molecule has 19 heavy (non-hydrogen) atoms. The van der Waals surface area contributed by atoms with Crippen LogP contribution in [0.15, 0.2) is 30.3 Å². The number of thiocarbonyl (C=S) groups is 1. The normalized spacial score (nSPS) is 24.8. The maximum absolute atomic E-state index is 10.4. The molecule has 0 aliphatic carbocycles. The molecule has 1 fully saturated rings. The number of β-amino-alcohol motifs (C(OH)–C–C–N with tert-alkyl or cyclic N) is 1. The molecule has 1 aliphatic rings. The molecule has 104 valence electrons. The van der Waals surface area contributed by atoms with Gasteiger partial charge in [0.1, 0.15) is 6.10 Å². The molecule has 0 radical (unpaired) electrons. The Labute approximate surface area is 119 Å². The molecule has 0 unspecified atom stereocenters. The van der Waals surface area contributed by atoms with E-state index < -0.39 is 12.2 Å². The number of benzene rings is 1. The number of aliphatic hydroxyl groups excluding tert-OH is 2. The Bertz CT molecular complexity index is 455. The Hall–Kier alpha value is -0.970. The molecule has 4 heteroatoms. The zero-order chi connectivity index (χ0) is 14.2. The predicted molar refractivity (Wildman–Crippen MR) is 80.0 cm³/mol. The summed E-state index contributed by atoms with van der Waals surface area (Å²) >= 11 is 5.47. The van der Waals surface area contributed by atoms with Gasteiger partial charge in [-0.15, -0.1) is 0 Å². The molecule has 2 rings (SSSR count). The SMILES string of the molecule is CC(C)(C)C(=S)N1C[C@H](O)[C@H]1[C@@H](O)c1ccccc1. The smallest absolute Gasteiger partial charge is 0.102 e. The van der Waals surface area contributed by atoms with Crippen LogP contribution in [-0.2, 0) is 0 Å². The fourth-order valence-electron chi connectivity index (χ4n) is 2.38. The van der Waals surface area contributed by atoms with Crippen molar-refractivity contribution in [2.24, 2.45) is 5.41 Å². The Kier molecular flexibility index (Phi) is 3.95. The highest BCUT2D eigenvalue weighted by atomic mass is 32.1. The summed E-state index contributed by atoms with van der Waals surface area (Å²) in [7, 11) is 0. The molecule has 0 saturated carbocycles. The molecule has 0 spiro atoms. The van der Waals surface area contributed by atoms with Crippen LogP contribution in [0.5, 0.6) is 0 Å². The highest BCUT2D eigenvalue weighted by Gasteiger charge is 2.46. The van der Waals surface area contributed by atoms with E-state index >= 15 is 0 Å². The minimum Gasteiger partial charge on any atom is -0.389 e. The van der Waals surface area contributed by atoms with Gasteiger partial charge in [-0.05, 0) is 5.56 Å². The van der Waals surface area contributed by atoms with Gasteiger partial charge in [0, 0.05) is 12.0 Å². The van der Waals surface area contributed by atoms with Crippen LogP contribution in [0, 0.1) is 5.41 Å². The van der Waals surface area contributed by atoms with Crippen LogP contribution in [0.25, 0.3) is 0 Å². The Balaban J connectivity index is 2.17. The average molecular weight is 279 g/mol. The van der Waals surface area contributed by atoms with Gasteiger partial charge in [0.15, 0.2) is 0 Å². The van der Waals surface area contributed by atoms with E-state index in [-0.39, 0.29) is 11.5 Å². The van der Waals surface area contributed by atoms with Crippen molar-refractivity contribution < 1.29 is 10.2 Å². The molecule has 1 saturated heterocycles. The van der Waals surface area contributed by atoms with E-state index in [1.54, 1.807) is 0 Å². The van der Waals surface area contributed by atoms with Crippen molar-refractivity contribution in [3.63, 3.8) is 0 Å². The molecule has 1 aromatic rings. The number of likely N-dealkylation sites (tertiary alicyclic amines) is 1. The molecule has 0 amide bonds. The minimum absolute atomic E-state index is 0.135. The van der Waals surface area contributed by atoms with Crippen LogP contribution in [0.2, 0.25) is 0 Å². The van der Waals surface area contributed by atoms with Gasteiger partial charge in [0.25, 0.3) is 0 Å². The quantitative estimate of drug-likeness (QED) is 0.814. The molecule has 1 aliphatic heterocycles. The number of rotatable bonds is 2. The van der Waals surface area contributed by atoms with Crippen molar-refractivity contribution >= 4 is 17.2 Å². The van der Waals surface area contributed by atoms with Crippen LogP contribution in [0.3, 0.4) is 0 Å². The van der Waals surface area contributed by atoms with Crippen LogP contribution in [0.4, 0.5) is 0 Å². The number of hydrogen-bond acceptors (Lipinski definition) is 3. The Morgan fingerprint density at radius 2 is 1.89 bits per heavy atom. The van der Waals surface area contributed by atoms with Gasteiger partial charge in [-0.3, -0.25) is 0 Å². The molecule has 3 nitrogen and oxygen atoms in total.